The number of hydrogen-bond donors (Lipinski definition) is 2. The zero-order valence-corrected chi connectivity index (χ0v) is 10.6. The first-order chi connectivity index (χ1) is 8.32. The summed E-state index contributed by atoms with van der Waals surface area (Å²) in [6.45, 7) is 3.74. The smallest absolute Gasteiger partial charge is 0.353 e. The summed E-state index contributed by atoms with van der Waals surface area (Å²) in [6, 6.07) is -3.51. The molecule has 1 rings (SSSR count). The number of carbonyl (C=O) groups excluding carboxylic acids is 1. The van der Waals surface area contributed by atoms with E-state index in [2.05, 4.69) is 5.32 Å². The molecule has 3 atom stereocenters. The summed E-state index contributed by atoms with van der Waals surface area (Å²) in [6.07, 6.45) is -3.85. The van der Waals surface area contributed by atoms with Crippen molar-refractivity contribution >= 4 is 5.91 Å². The lowest BCUT2D eigenvalue weighted by Crippen LogP contribution is -2.65. The summed E-state index contributed by atoms with van der Waals surface area (Å²) in [5.74, 6) is -0.346. The molecule has 0 bridgehead atoms. The van der Waals surface area contributed by atoms with Gasteiger partial charge in [-0.25, -0.2) is 0 Å². The van der Waals surface area contributed by atoms with Crippen molar-refractivity contribution in [3.63, 3.8) is 0 Å². The Balaban J connectivity index is 2.99. The minimum absolute atomic E-state index is 0.183. The first-order valence-corrected chi connectivity index (χ1v) is 6.18. The van der Waals surface area contributed by atoms with Gasteiger partial charge in [-0.2, -0.15) is 13.2 Å². The van der Waals surface area contributed by atoms with Gasteiger partial charge in [0.2, 0.25) is 5.91 Å². The summed E-state index contributed by atoms with van der Waals surface area (Å²) in [5.41, 5.74) is 5.60. The maximum Gasteiger partial charge on any atom is 0.405 e. The number of rotatable bonds is 4. The molecule has 1 aliphatic heterocycles. The number of hydrogen-bond acceptors (Lipinski definition) is 3. The first kappa shape index (κ1) is 15.2. The van der Waals surface area contributed by atoms with Crippen LogP contribution in [0.25, 0.3) is 0 Å². The van der Waals surface area contributed by atoms with Gasteiger partial charge in [-0.15, -0.1) is 0 Å². The highest BCUT2D eigenvalue weighted by Gasteiger charge is 2.50. The maximum atomic E-state index is 13.1. The molecule has 1 aliphatic rings. The lowest BCUT2D eigenvalue weighted by Gasteiger charge is -2.42. The zero-order valence-electron chi connectivity index (χ0n) is 10.6. The van der Waals surface area contributed by atoms with E-state index in [1.54, 1.807) is 13.8 Å². The van der Waals surface area contributed by atoms with Gasteiger partial charge < -0.3 is 11.1 Å². The van der Waals surface area contributed by atoms with E-state index in [-0.39, 0.29) is 25.4 Å². The second-order valence-corrected chi connectivity index (χ2v) is 4.51. The highest BCUT2D eigenvalue weighted by Crippen LogP contribution is 2.30. The second kappa shape index (κ2) is 5.88. The molecule has 18 heavy (non-hydrogen) atoms. The number of carbonyl (C=O) groups is 1. The van der Waals surface area contributed by atoms with Gasteiger partial charge in [0.1, 0.15) is 6.04 Å². The van der Waals surface area contributed by atoms with Gasteiger partial charge in [-0.05, 0) is 12.8 Å². The topological polar surface area (TPSA) is 58.4 Å². The lowest BCUT2D eigenvalue weighted by atomic mass is 9.99. The van der Waals surface area contributed by atoms with E-state index in [1.807, 2.05) is 0 Å². The van der Waals surface area contributed by atoms with Crippen molar-refractivity contribution in [3.8, 4) is 0 Å². The Kier molecular flexibility index (Phi) is 4.98. The van der Waals surface area contributed by atoms with Crippen LogP contribution >= 0.6 is 0 Å². The third-order valence-corrected chi connectivity index (χ3v) is 3.33. The molecule has 0 saturated carbocycles. The van der Waals surface area contributed by atoms with Crippen LogP contribution in [0.2, 0.25) is 0 Å². The fraction of sp³-hybridized carbons (Fsp3) is 0.909. The first-order valence-electron chi connectivity index (χ1n) is 6.18. The van der Waals surface area contributed by atoms with E-state index in [4.69, 9.17) is 5.73 Å². The molecule has 0 aromatic carbocycles. The summed E-state index contributed by atoms with van der Waals surface area (Å²) in [5, 5.41) is 2.59. The van der Waals surface area contributed by atoms with Crippen LogP contribution in [0.5, 0.6) is 0 Å². The van der Waals surface area contributed by atoms with Crippen LogP contribution in [0.15, 0.2) is 0 Å². The SMILES string of the molecule is CCC(N)C(N1CCNC(=O)C1CC)C(F)(F)F. The Morgan fingerprint density at radius 3 is 2.56 bits per heavy atom. The number of alkyl halides is 3. The summed E-state index contributed by atoms with van der Waals surface area (Å²) >= 11 is 0. The van der Waals surface area contributed by atoms with E-state index in [0.717, 1.165) is 0 Å². The standard InChI is InChI=1S/C11H20F3N3O/c1-3-7(15)9(11(12,13)14)17-6-5-16-10(18)8(17)4-2/h7-9H,3-6,15H2,1-2H3,(H,16,18). The van der Waals surface area contributed by atoms with Gasteiger partial charge in [0, 0.05) is 19.1 Å². The molecule has 0 spiro atoms. The Labute approximate surface area is 105 Å². The number of nitrogens with one attached hydrogen (secondary N) is 1. The van der Waals surface area contributed by atoms with E-state index in [9.17, 15) is 18.0 Å². The van der Waals surface area contributed by atoms with Crippen molar-refractivity contribution in [1.82, 2.24) is 10.2 Å². The maximum absolute atomic E-state index is 13.1. The molecular formula is C11H20F3N3O. The summed E-state index contributed by atoms with van der Waals surface area (Å²) in [4.78, 5) is 12.8. The lowest BCUT2D eigenvalue weighted by molar-refractivity contribution is -0.198. The number of halogens is 3. The van der Waals surface area contributed by atoms with Crippen LogP contribution in [0.4, 0.5) is 13.2 Å². The average Bonchev–Trinajstić information content (AvgIpc) is 2.27. The van der Waals surface area contributed by atoms with E-state index >= 15 is 0 Å². The molecule has 3 N–H and O–H groups in total. The molecule has 0 aromatic heterocycles. The van der Waals surface area contributed by atoms with Crippen LogP contribution in [-0.4, -0.2) is 48.2 Å². The molecular weight excluding hydrogens is 247 g/mol. The predicted octanol–water partition coefficient (Wildman–Crippen LogP) is 0.865. The van der Waals surface area contributed by atoms with Gasteiger partial charge in [0.25, 0.3) is 0 Å². The molecule has 3 unspecified atom stereocenters. The Morgan fingerprint density at radius 2 is 2.11 bits per heavy atom. The zero-order chi connectivity index (χ0) is 13.9. The van der Waals surface area contributed by atoms with E-state index in [0.29, 0.717) is 6.42 Å². The van der Waals surface area contributed by atoms with Crippen LogP contribution < -0.4 is 11.1 Å². The third-order valence-electron chi connectivity index (χ3n) is 3.33. The van der Waals surface area contributed by atoms with E-state index < -0.39 is 24.3 Å². The number of amides is 1. The Hall–Kier alpha value is -0.820. The average molecular weight is 267 g/mol. The van der Waals surface area contributed by atoms with Crippen molar-refractivity contribution in [2.24, 2.45) is 5.73 Å². The van der Waals surface area contributed by atoms with Gasteiger partial charge >= 0.3 is 6.18 Å². The molecule has 106 valence electrons. The van der Waals surface area contributed by atoms with Crippen LogP contribution in [0, 0.1) is 0 Å². The van der Waals surface area contributed by atoms with Crippen LogP contribution in [-0.2, 0) is 4.79 Å². The summed E-state index contributed by atoms with van der Waals surface area (Å²) in [7, 11) is 0. The molecule has 0 aliphatic carbocycles. The quantitative estimate of drug-likeness (QED) is 0.794. The van der Waals surface area contributed by atoms with Gasteiger partial charge in [0.15, 0.2) is 0 Å². The number of piperazine rings is 1. The minimum Gasteiger partial charge on any atom is -0.353 e. The Bertz CT molecular complexity index is 296. The molecule has 4 nitrogen and oxygen atoms in total. The van der Waals surface area contributed by atoms with Crippen molar-refractivity contribution in [2.45, 2.75) is 51.0 Å². The molecule has 1 fully saturated rings. The largest absolute Gasteiger partial charge is 0.405 e. The van der Waals surface area contributed by atoms with Crippen molar-refractivity contribution in [3.05, 3.63) is 0 Å². The van der Waals surface area contributed by atoms with Gasteiger partial charge in [-0.3, -0.25) is 9.69 Å². The second-order valence-electron chi connectivity index (χ2n) is 4.51. The number of nitrogens with two attached hydrogens (primary N) is 1. The van der Waals surface area contributed by atoms with Crippen molar-refractivity contribution < 1.29 is 18.0 Å². The van der Waals surface area contributed by atoms with Crippen molar-refractivity contribution in [1.29, 1.82) is 0 Å². The molecule has 0 radical (unpaired) electrons. The minimum atomic E-state index is -4.42. The fourth-order valence-corrected chi connectivity index (χ4v) is 2.39. The predicted molar refractivity (Wildman–Crippen MR) is 61.9 cm³/mol. The molecule has 1 amide bonds. The number of nitrogens with zero attached hydrogens (tertiary/aromatic N) is 1. The monoisotopic (exact) mass is 267 g/mol. The van der Waals surface area contributed by atoms with Gasteiger partial charge in [-0.1, -0.05) is 13.8 Å². The highest BCUT2D eigenvalue weighted by atomic mass is 19.4. The fourth-order valence-electron chi connectivity index (χ4n) is 2.39. The van der Waals surface area contributed by atoms with Crippen LogP contribution in [0.1, 0.15) is 26.7 Å². The van der Waals surface area contributed by atoms with Gasteiger partial charge in [0.05, 0.1) is 6.04 Å². The van der Waals surface area contributed by atoms with Crippen molar-refractivity contribution in [2.75, 3.05) is 13.1 Å². The molecule has 1 saturated heterocycles. The normalized spacial score (nSPS) is 25.7. The van der Waals surface area contributed by atoms with E-state index in [1.165, 1.54) is 4.90 Å². The summed E-state index contributed by atoms with van der Waals surface area (Å²) < 4.78 is 39.4. The van der Waals surface area contributed by atoms with Crippen LogP contribution in [0.3, 0.4) is 0 Å². The Morgan fingerprint density at radius 1 is 1.50 bits per heavy atom. The third kappa shape index (κ3) is 3.14. The molecule has 7 heteroatoms. The molecule has 0 aromatic rings. The highest BCUT2D eigenvalue weighted by molar-refractivity contribution is 5.82. The molecule has 1 heterocycles.